The molecule has 4 aromatic rings. The van der Waals surface area contributed by atoms with Gasteiger partial charge in [0.15, 0.2) is 0 Å². The van der Waals surface area contributed by atoms with Crippen molar-refractivity contribution in [2.45, 2.75) is 6.36 Å². The molecular weight excluding hydrogens is 486 g/mol. The molecule has 11 heteroatoms. The van der Waals surface area contributed by atoms with Crippen molar-refractivity contribution >= 4 is 62.0 Å². The molecule has 2 heterocycles. The number of carbonyl (C=O) groups is 1. The lowest BCUT2D eigenvalue weighted by Crippen LogP contribution is -2.17. The first kappa shape index (κ1) is 22.2. The summed E-state index contributed by atoms with van der Waals surface area (Å²) in [5, 5.41) is 4.14. The second-order valence-electron chi connectivity index (χ2n) is 6.54. The van der Waals surface area contributed by atoms with Crippen LogP contribution in [-0.2, 0) is 0 Å². The van der Waals surface area contributed by atoms with Crippen molar-refractivity contribution in [2.24, 2.45) is 0 Å². The largest absolute Gasteiger partial charge is 0.573 e. The van der Waals surface area contributed by atoms with Gasteiger partial charge in [-0.05, 0) is 54.6 Å². The van der Waals surface area contributed by atoms with Gasteiger partial charge >= 0.3 is 6.36 Å². The number of nitrogens with zero attached hydrogens (tertiary/aromatic N) is 1. The van der Waals surface area contributed by atoms with E-state index in [-0.39, 0.29) is 16.3 Å². The zero-order valence-electron chi connectivity index (χ0n) is 15.8. The van der Waals surface area contributed by atoms with Gasteiger partial charge in [0, 0.05) is 21.7 Å². The monoisotopic (exact) mass is 497 g/mol. The van der Waals surface area contributed by atoms with Crippen LogP contribution < -0.4 is 15.8 Å². The number of thiophene rings is 1. The van der Waals surface area contributed by atoms with Gasteiger partial charge in [-0.2, -0.15) is 0 Å². The summed E-state index contributed by atoms with van der Waals surface area (Å²) in [6.45, 7) is 0. The molecule has 2 aromatic carbocycles. The van der Waals surface area contributed by atoms with E-state index in [0.717, 1.165) is 23.5 Å². The summed E-state index contributed by atoms with van der Waals surface area (Å²) in [6.07, 6.45) is -4.79. The number of alkyl halides is 3. The Hall–Kier alpha value is -3.01. The van der Waals surface area contributed by atoms with Crippen molar-refractivity contribution in [1.29, 1.82) is 0 Å². The fourth-order valence-corrected chi connectivity index (χ4v) is 4.44. The molecule has 2 aromatic heterocycles. The van der Waals surface area contributed by atoms with Crippen LogP contribution in [0.4, 0.5) is 24.5 Å². The van der Waals surface area contributed by atoms with E-state index < -0.39 is 18.0 Å². The van der Waals surface area contributed by atoms with Gasteiger partial charge < -0.3 is 15.8 Å². The molecule has 0 atom stereocenters. The molecule has 0 fully saturated rings. The highest BCUT2D eigenvalue weighted by Crippen LogP contribution is 2.36. The highest BCUT2D eigenvalue weighted by molar-refractivity contribution is 7.21. The van der Waals surface area contributed by atoms with Crippen LogP contribution in [0.5, 0.6) is 5.75 Å². The van der Waals surface area contributed by atoms with Gasteiger partial charge in [0.1, 0.15) is 15.5 Å². The molecule has 0 aliphatic carbocycles. The van der Waals surface area contributed by atoms with Gasteiger partial charge in [0.05, 0.1) is 16.4 Å². The molecule has 0 saturated heterocycles. The first-order chi connectivity index (χ1) is 15.1. The summed E-state index contributed by atoms with van der Waals surface area (Å²) >= 11 is 13.3. The summed E-state index contributed by atoms with van der Waals surface area (Å²) in [5.41, 5.74) is 7.95. The Bertz CT molecular complexity index is 1320. The van der Waals surface area contributed by atoms with E-state index in [2.05, 4.69) is 15.0 Å². The first-order valence-corrected chi connectivity index (χ1v) is 10.5. The van der Waals surface area contributed by atoms with E-state index in [1.54, 1.807) is 30.3 Å². The lowest BCUT2D eigenvalue weighted by molar-refractivity contribution is -0.274. The van der Waals surface area contributed by atoms with Crippen LogP contribution in [0, 0.1) is 0 Å². The molecule has 5 nitrogen and oxygen atoms in total. The maximum absolute atomic E-state index is 12.7. The molecule has 32 heavy (non-hydrogen) atoms. The fraction of sp³-hybridized carbons (Fsp3) is 0.0476. The van der Waals surface area contributed by atoms with Crippen molar-refractivity contribution in [3.63, 3.8) is 0 Å². The average molecular weight is 498 g/mol. The van der Waals surface area contributed by atoms with Crippen molar-refractivity contribution in [2.75, 3.05) is 11.1 Å². The Morgan fingerprint density at radius 3 is 2.44 bits per heavy atom. The summed E-state index contributed by atoms with van der Waals surface area (Å²) in [5.74, 6) is -0.907. The van der Waals surface area contributed by atoms with Gasteiger partial charge in [0.25, 0.3) is 5.91 Å². The topological polar surface area (TPSA) is 77.2 Å². The van der Waals surface area contributed by atoms with Gasteiger partial charge in [0.2, 0.25) is 0 Å². The Morgan fingerprint density at radius 2 is 1.78 bits per heavy atom. The lowest BCUT2D eigenvalue weighted by Gasteiger charge is -2.09. The third-order valence-electron chi connectivity index (χ3n) is 4.35. The predicted octanol–water partition coefficient (Wildman–Crippen LogP) is 7.00. The van der Waals surface area contributed by atoms with Crippen LogP contribution in [0.2, 0.25) is 10.0 Å². The number of ether oxygens (including phenoxy) is 1. The molecular formula is C21H12Cl2F3N3O2S. The Balaban J connectivity index is 1.59. The number of benzene rings is 2. The predicted molar refractivity (Wildman–Crippen MR) is 121 cm³/mol. The fourth-order valence-electron chi connectivity index (χ4n) is 2.94. The number of hydrogen-bond acceptors (Lipinski definition) is 5. The minimum Gasteiger partial charge on any atom is -0.406 e. The zero-order valence-corrected chi connectivity index (χ0v) is 18.2. The number of hydrogen-bond donors (Lipinski definition) is 2. The maximum atomic E-state index is 12.7. The van der Waals surface area contributed by atoms with E-state index in [0.29, 0.717) is 31.5 Å². The van der Waals surface area contributed by atoms with E-state index in [4.69, 9.17) is 28.9 Å². The Labute approximate surface area is 193 Å². The summed E-state index contributed by atoms with van der Waals surface area (Å²) < 4.78 is 40.6. The SMILES string of the molecule is Nc1c(C(=O)Nc2ccc(OC(F)(F)F)cc2)sc2nc(-c3ccc(Cl)cc3Cl)ccc12. The number of anilines is 2. The minimum atomic E-state index is -4.79. The third-order valence-corrected chi connectivity index (χ3v) is 6.01. The number of amides is 1. The van der Waals surface area contributed by atoms with Crippen molar-refractivity contribution in [3.8, 4) is 17.0 Å². The molecule has 164 valence electrons. The Morgan fingerprint density at radius 1 is 1.06 bits per heavy atom. The molecule has 4 rings (SSSR count). The number of nitrogens with one attached hydrogen (secondary N) is 1. The molecule has 0 radical (unpaired) electrons. The second-order valence-corrected chi connectivity index (χ2v) is 8.39. The normalized spacial score (nSPS) is 11.5. The van der Waals surface area contributed by atoms with Gasteiger partial charge in [-0.1, -0.05) is 23.2 Å². The number of nitrogens with two attached hydrogens (primary N) is 1. The molecule has 0 unspecified atom stereocenters. The number of rotatable bonds is 4. The molecule has 3 N–H and O–H groups in total. The smallest absolute Gasteiger partial charge is 0.406 e. The quantitative estimate of drug-likeness (QED) is 0.318. The third kappa shape index (κ3) is 4.74. The molecule has 0 aliphatic rings. The van der Waals surface area contributed by atoms with Crippen LogP contribution in [0.3, 0.4) is 0 Å². The van der Waals surface area contributed by atoms with Crippen LogP contribution in [0.25, 0.3) is 21.5 Å². The summed E-state index contributed by atoms with van der Waals surface area (Å²) in [7, 11) is 0. The zero-order chi connectivity index (χ0) is 23.0. The summed E-state index contributed by atoms with van der Waals surface area (Å²) in [6, 6.07) is 13.3. The summed E-state index contributed by atoms with van der Waals surface area (Å²) in [4.78, 5) is 18.0. The molecule has 0 saturated carbocycles. The van der Waals surface area contributed by atoms with E-state index >= 15 is 0 Å². The van der Waals surface area contributed by atoms with Crippen LogP contribution in [0.15, 0.2) is 54.6 Å². The second kappa shape index (κ2) is 8.50. The van der Waals surface area contributed by atoms with E-state index in [1.807, 2.05) is 0 Å². The van der Waals surface area contributed by atoms with Crippen molar-refractivity contribution in [3.05, 3.63) is 69.5 Å². The van der Waals surface area contributed by atoms with Gasteiger partial charge in [-0.15, -0.1) is 24.5 Å². The van der Waals surface area contributed by atoms with E-state index in [1.165, 1.54) is 12.1 Å². The van der Waals surface area contributed by atoms with Crippen LogP contribution >= 0.6 is 34.5 Å². The number of aromatic nitrogens is 1. The molecule has 0 aliphatic heterocycles. The first-order valence-electron chi connectivity index (χ1n) is 8.92. The highest BCUT2D eigenvalue weighted by atomic mass is 35.5. The molecule has 0 spiro atoms. The lowest BCUT2D eigenvalue weighted by atomic mass is 10.1. The highest BCUT2D eigenvalue weighted by Gasteiger charge is 2.31. The standard InChI is InChI=1S/C21H12Cl2F3N3O2S/c22-10-1-6-13(15(23)9-10)16-8-7-14-17(27)18(32-20(14)29-16)19(30)28-11-2-4-12(5-3-11)31-21(24,25)26/h1-9H,27H2,(H,28,30). The number of pyridine rings is 1. The minimum absolute atomic E-state index is 0.225. The number of carbonyl (C=O) groups excluding carboxylic acids is 1. The van der Waals surface area contributed by atoms with Gasteiger partial charge in [-0.3, -0.25) is 4.79 Å². The van der Waals surface area contributed by atoms with Crippen molar-refractivity contribution in [1.82, 2.24) is 4.98 Å². The molecule has 1 amide bonds. The molecule has 0 bridgehead atoms. The average Bonchev–Trinajstić information content (AvgIpc) is 3.04. The van der Waals surface area contributed by atoms with Gasteiger partial charge in [-0.25, -0.2) is 4.98 Å². The van der Waals surface area contributed by atoms with Crippen LogP contribution in [-0.4, -0.2) is 17.3 Å². The van der Waals surface area contributed by atoms with Crippen molar-refractivity contribution < 1.29 is 22.7 Å². The number of fused-ring (bicyclic) bond motifs is 1. The number of halogens is 5. The van der Waals surface area contributed by atoms with Crippen LogP contribution in [0.1, 0.15) is 9.67 Å². The van der Waals surface area contributed by atoms with E-state index in [9.17, 15) is 18.0 Å². The number of nitrogen functional groups attached to an aromatic ring is 1. The maximum Gasteiger partial charge on any atom is 0.573 e. The Kier molecular flexibility index (Phi) is 5.89.